The van der Waals surface area contributed by atoms with E-state index in [2.05, 4.69) is 4.74 Å². The third-order valence-electron chi connectivity index (χ3n) is 2.58. The van der Waals surface area contributed by atoms with E-state index in [4.69, 9.17) is 0 Å². The standard InChI is InChI=1S/C12H14O4/c1-4-8(12(15)16-3)9-6-10(13)7(2)5-11(9)14/h5-6,8H,4H2,1-3H3. The normalized spacial score (nSPS) is 17.7. The first-order valence-electron chi connectivity index (χ1n) is 5.07. The molecule has 0 aromatic rings. The molecule has 86 valence electrons. The van der Waals surface area contributed by atoms with Crippen molar-refractivity contribution in [3.05, 3.63) is 23.3 Å². The molecule has 0 radical (unpaired) electrons. The summed E-state index contributed by atoms with van der Waals surface area (Å²) in [5, 5.41) is 0. The SMILES string of the molecule is CCC(C(=O)OC)C1=CC(=O)C(C)=CC1=O. The molecule has 4 nitrogen and oxygen atoms in total. The fourth-order valence-electron chi connectivity index (χ4n) is 1.61. The van der Waals surface area contributed by atoms with E-state index in [1.807, 2.05) is 0 Å². The van der Waals surface area contributed by atoms with Gasteiger partial charge in [0.1, 0.15) is 0 Å². The summed E-state index contributed by atoms with van der Waals surface area (Å²) in [7, 11) is 1.27. The van der Waals surface area contributed by atoms with Crippen molar-refractivity contribution in [1.29, 1.82) is 0 Å². The Balaban J connectivity index is 3.04. The number of ether oxygens (including phenoxy) is 1. The van der Waals surface area contributed by atoms with Gasteiger partial charge in [0.15, 0.2) is 11.6 Å². The molecule has 1 unspecified atom stereocenters. The average molecular weight is 222 g/mol. The van der Waals surface area contributed by atoms with Gasteiger partial charge in [-0.3, -0.25) is 14.4 Å². The molecule has 1 rings (SSSR count). The van der Waals surface area contributed by atoms with Crippen LogP contribution in [0.4, 0.5) is 0 Å². The van der Waals surface area contributed by atoms with Gasteiger partial charge in [-0.2, -0.15) is 0 Å². The number of rotatable bonds is 3. The van der Waals surface area contributed by atoms with Gasteiger partial charge in [-0.05, 0) is 25.5 Å². The maximum atomic E-state index is 11.7. The second-order valence-electron chi connectivity index (χ2n) is 3.64. The molecular formula is C12H14O4. The predicted octanol–water partition coefficient (Wildman–Crippen LogP) is 1.21. The average Bonchev–Trinajstić information content (AvgIpc) is 2.26. The van der Waals surface area contributed by atoms with E-state index >= 15 is 0 Å². The van der Waals surface area contributed by atoms with Gasteiger partial charge < -0.3 is 4.74 Å². The van der Waals surface area contributed by atoms with Crippen molar-refractivity contribution in [2.24, 2.45) is 5.92 Å². The van der Waals surface area contributed by atoms with Gasteiger partial charge in [0.25, 0.3) is 0 Å². The zero-order valence-corrected chi connectivity index (χ0v) is 9.57. The number of carbonyl (C=O) groups is 3. The Hall–Kier alpha value is -1.71. The Morgan fingerprint density at radius 2 is 1.94 bits per heavy atom. The molecule has 1 aliphatic carbocycles. The van der Waals surface area contributed by atoms with E-state index in [-0.39, 0.29) is 17.1 Å². The Morgan fingerprint density at radius 1 is 1.31 bits per heavy atom. The third-order valence-corrected chi connectivity index (χ3v) is 2.58. The Morgan fingerprint density at radius 3 is 2.44 bits per heavy atom. The lowest BCUT2D eigenvalue weighted by Gasteiger charge is -2.17. The fraction of sp³-hybridized carbons (Fsp3) is 0.417. The summed E-state index contributed by atoms with van der Waals surface area (Å²) in [4.78, 5) is 34.5. The number of hydrogen-bond donors (Lipinski definition) is 0. The van der Waals surface area contributed by atoms with Crippen LogP contribution in [0.5, 0.6) is 0 Å². The van der Waals surface area contributed by atoms with Crippen molar-refractivity contribution in [3.8, 4) is 0 Å². The quantitative estimate of drug-likeness (QED) is 0.532. The molecule has 1 aliphatic rings. The lowest BCUT2D eigenvalue weighted by atomic mass is 9.87. The number of ketones is 2. The smallest absolute Gasteiger partial charge is 0.313 e. The number of methoxy groups -OCH3 is 1. The van der Waals surface area contributed by atoms with Crippen molar-refractivity contribution < 1.29 is 19.1 Å². The second-order valence-corrected chi connectivity index (χ2v) is 3.64. The summed E-state index contributed by atoms with van der Waals surface area (Å²) in [6.07, 6.45) is 2.94. The largest absolute Gasteiger partial charge is 0.469 e. The molecule has 4 heteroatoms. The topological polar surface area (TPSA) is 60.4 Å². The summed E-state index contributed by atoms with van der Waals surface area (Å²) < 4.78 is 4.60. The minimum absolute atomic E-state index is 0.225. The van der Waals surface area contributed by atoms with E-state index in [0.717, 1.165) is 0 Å². The van der Waals surface area contributed by atoms with E-state index in [1.54, 1.807) is 13.8 Å². The Bertz CT molecular complexity index is 401. The molecule has 0 saturated carbocycles. The summed E-state index contributed by atoms with van der Waals surface area (Å²) >= 11 is 0. The first-order valence-corrected chi connectivity index (χ1v) is 5.07. The first-order chi connectivity index (χ1) is 7.51. The maximum absolute atomic E-state index is 11.7. The zero-order valence-electron chi connectivity index (χ0n) is 9.57. The highest BCUT2D eigenvalue weighted by Gasteiger charge is 2.29. The van der Waals surface area contributed by atoms with E-state index in [9.17, 15) is 14.4 Å². The van der Waals surface area contributed by atoms with Crippen LogP contribution in [-0.2, 0) is 19.1 Å². The fourth-order valence-corrected chi connectivity index (χ4v) is 1.61. The van der Waals surface area contributed by atoms with Crippen LogP contribution in [0.15, 0.2) is 23.3 Å². The van der Waals surface area contributed by atoms with Crippen LogP contribution in [0.1, 0.15) is 20.3 Å². The van der Waals surface area contributed by atoms with Crippen LogP contribution in [-0.4, -0.2) is 24.6 Å². The first kappa shape index (κ1) is 12.4. The van der Waals surface area contributed by atoms with Gasteiger partial charge in [0.2, 0.25) is 0 Å². The van der Waals surface area contributed by atoms with Crippen molar-refractivity contribution >= 4 is 17.5 Å². The molecule has 0 spiro atoms. The maximum Gasteiger partial charge on any atom is 0.313 e. The molecule has 0 heterocycles. The minimum Gasteiger partial charge on any atom is -0.469 e. The van der Waals surface area contributed by atoms with Gasteiger partial charge in [-0.25, -0.2) is 0 Å². The van der Waals surface area contributed by atoms with Crippen molar-refractivity contribution in [1.82, 2.24) is 0 Å². The van der Waals surface area contributed by atoms with Crippen molar-refractivity contribution in [3.63, 3.8) is 0 Å². The Labute approximate surface area is 94.0 Å². The van der Waals surface area contributed by atoms with Crippen LogP contribution in [0.2, 0.25) is 0 Å². The van der Waals surface area contributed by atoms with Gasteiger partial charge in [-0.15, -0.1) is 0 Å². The van der Waals surface area contributed by atoms with Crippen molar-refractivity contribution in [2.75, 3.05) is 7.11 Å². The monoisotopic (exact) mass is 222 g/mol. The highest BCUT2D eigenvalue weighted by atomic mass is 16.5. The summed E-state index contributed by atoms with van der Waals surface area (Å²) in [6.45, 7) is 3.35. The minimum atomic E-state index is -0.647. The predicted molar refractivity (Wildman–Crippen MR) is 57.7 cm³/mol. The van der Waals surface area contributed by atoms with E-state index in [1.165, 1.54) is 19.3 Å². The molecule has 0 aromatic carbocycles. The molecule has 0 amide bonds. The summed E-state index contributed by atoms with van der Waals surface area (Å²) in [6, 6.07) is 0. The zero-order chi connectivity index (χ0) is 12.3. The van der Waals surface area contributed by atoms with Crippen LogP contribution >= 0.6 is 0 Å². The summed E-state index contributed by atoms with van der Waals surface area (Å²) in [5.74, 6) is -1.64. The highest BCUT2D eigenvalue weighted by molar-refractivity contribution is 6.21. The highest BCUT2D eigenvalue weighted by Crippen LogP contribution is 2.22. The molecule has 0 aliphatic heterocycles. The van der Waals surface area contributed by atoms with Crippen molar-refractivity contribution in [2.45, 2.75) is 20.3 Å². The van der Waals surface area contributed by atoms with Gasteiger partial charge >= 0.3 is 5.97 Å². The van der Waals surface area contributed by atoms with Gasteiger partial charge in [0, 0.05) is 11.1 Å². The third kappa shape index (κ3) is 2.27. The molecule has 1 atom stereocenters. The van der Waals surface area contributed by atoms with Gasteiger partial charge in [0.05, 0.1) is 13.0 Å². The van der Waals surface area contributed by atoms with Gasteiger partial charge in [-0.1, -0.05) is 6.92 Å². The molecule has 16 heavy (non-hydrogen) atoms. The van der Waals surface area contributed by atoms with Crippen LogP contribution < -0.4 is 0 Å². The summed E-state index contributed by atoms with van der Waals surface area (Å²) in [5.41, 5.74) is 0.624. The van der Waals surface area contributed by atoms with Crippen LogP contribution in [0, 0.1) is 5.92 Å². The second kappa shape index (κ2) is 4.88. The lowest BCUT2D eigenvalue weighted by molar-refractivity contribution is -0.144. The molecule has 0 fully saturated rings. The number of hydrogen-bond acceptors (Lipinski definition) is 4. The number of allylic oxidation sites excluding steroid dienone is 3. The molecule has 0 bridgehead atoms. The van der Waals surface area contributed by atoms with Crippen LogP contribution in [0.25, 0.3) is 0 Å². The van der Waals surface area contributed by atoms with E-state index in [0.29, 0.717) is 12.0 Å². The molecule has 0 saturated heterocycles. The van der Waals surface area contributed by atoms with Crippen LogP contribution in [0.3, 0.4) is 0 Å². The Kier molecular flexibility index (Phi) is 3.77. The van der Waals surface area contributed by atoms with E-state index < -0.39 is 11.9 Å². The molecule has 0 N–H and O–H groups in total. The molecular weight excluding hydrogens is 208 g/mol. The molecule has 0 aromatic heterocycles. The number of esters is 1. The number of carbonyl (C=O) groups excluding carboxylic acids is 3. The lowest BCUT2D eigenvalue weighted by Crippen LogP contribution is -2.25.